The van der Waals surface area contributed by atoms with E-state index in [1.165, 1.54) is 12.1 Å². The van der Waals surface area contributed by atoms with E-state index < -0.39 is 15.6 Å². The number of likely N-dealkylation sites (tertiary alicyclic amines) is 1. The van der Waals surface area contributed by atoms with Crippen LogP contribution in [0.3, 0.4) is 0 Å². The van der Waals surface area contributed by atoms with Crippen molar-refractivity contribution in [1.82, 2.24) is 20.3 Å². The molecule has 0 aromatic heterocycles. The van der Waals surface area contributed by atoms with E-state index in [0.29, 0.717) is 18.5 Å². The van der Waals surface area contributed by atoms with Gasteiger partial charge < -0.3 is 10.6 Å². The van der Waals surface area contributed by atoms with Crippen LogP contribution in [0.15, 0.2) is 29.3 Å². The summed E-state index contributed by atoms with van der Waals surface area (Å²) in [4.78, 5) is 6.95. The second-order valence-electron chi connectivity index (χ2n) is 8.27. The number of rotatable bonds is 8. The van der Waals surface area contributed by atoms with E-state index in [0.717, 1.165) is 50.8 Å². The zero-order valence-electron chi connectivity index (χ0n) is 17.8. The summed E-state index contributed by atoms with van der Waals surface area (Å²) in [6.07, 6.45) is 3.12. The maximum absolute atomic E-state index is 13.0. The first-order chi connectivity index (χ1) is 13.6. The van der Waals surface area contributed by atoms with Gasteiger partial charge in [-0.1, -0.05) is 12.1 Å². The molecule has 1 heterocycles. The number of halogens is 1. The Morgan fingerprint density at radius 3 is 2.41 bits per heavy atom. The Kier molecular flexibility index (Phi) is 8.42. The number of nitrogens with zero attached hydrogens (tertiary/aromatic N) is 2. The van der Waals surface area contributed by atoms with Gasteiger partial charge >= 0.3 is 0 Å². The second kappa shape index (κ2) is 10.4. The van der Waals surface area contributed by atoms with Gasteiger partial charge in [0.05, 0.1) is 12.8 Å². The van der Waals surface area contributed by atoms with Crippen molar-refractivity contribution in [2.45, 2.75) is 51.7 Å². The Bertz CT molecular complexity index is 773. The number of benzene rings is 1. The standard InChI is InChI=1S/C20H34FN5O2S/c1-5-22-19(23-15-20(2,3)25-29(4,27)28)24-18-10-12-26(13-11-18)14-16-6-8-17(21)9-7-16/h6-9,18,25H,5,10-15H2,1-4H3,(H2,22,23,24). The van der Waals surface area contributed by atoms with Crippen LogP contribution >= 0.6 is 0 Å². The van der Waals surface area contributed by atoms with E-state index in [2.05, 4.69) is 25.2 Å². The van der Waals surface area contributed by atoms with Crippen molar-refractivity contribution in [1.29, 1.82) is 0 Å². The minimum Gasteiger partial charge on any atom is -0.357 e. The van der Waals surface area contributed by atoms with Crippen molar-refractivity contribution in [2.75, 3.05) is 32.4 Å². The van der Waals surface area contributed by atoms with Crippen LogP contribution in [0.4, 0.5) is 4.39 Å². The highest BCUT2D eigenvalue weighted by molar-refractivity contribution is 7.88. The highest BCUT2D eigenvalue weighted by Gasteiger charge is 2.23. The van der Waals surface area contributed by atoms with Gasteiger partial charge in [-0.3, -0.25) is 9.89 Å². The van der Waals surface area contributed by atoms with E-state index in [9.17, 15) is 12.8 Å². The molecule has 9 heteroatoms. The quantitative estimate of drug-likeness (QED) is 0.434. The smallest absolute Gasteiger partial charge is 0.209 e. The minimum absolute atomic E-state index is 0.207. The number of guanidine groups is 1. The van der Waals surface area contributed by atoms with E-state index in [1.54, 1.807) is 0 Å². The van der Waals surface area contributed by atoms with E-state index in [1.807, 2.05) is 32.9 Å². The van der Waals surface area contributed by atoms with Crippen LogP contribution in [0, 0.1) is 5.82 Å². The minimum atomic E-state index is -3.29. The first-order valence-electron chi connectivity index (χ1n) is 10.1. The van der Waals surface area contributed by atoms with Crippen LogP contribution in [0.1, 0.15) is 39.2 Å². The Morgan fingerprint density at radius 2 is 1.86 bits per heavy atom. The van der Waals surface area contributed by atoms with E-state index in [-0.39, 0.29) is 5.82 Å². The molecule has 0 unspecified atom stereocenters. The normalized spacial score (nSPS) is 17.3. The van der Waals surface area contributed by atoms with Gasteiger partial charge in [0.2, 0.25) is 10.0 Å². The predicted octanol–water partition coefficient (Wildman–Crippen LogP) is 1.67. The lowest BCUT2D eigenvalue weighted by Crippen LogP contribution is -2.50. The van der Waals surface area contributed by atoms with Crippen molar-refractivity contribution < 1.29 is 12.8 Å². The Morgan fingerprint density at radius 1 is 1.24 bits per heavy atom. The molecule has 1 aromatic rings. The number of nitrogens with one attached hydrogen (secondary N) is 3. The highest BCUT2D eigenvalue weighted by Crippen LogP contribution is 2.14. The van der Waals surface area contributed by atoms with Crippen LogP contribution in [0.25, 0.3) is 0 Å². The van der Waals surface area contributed by atoms with Gasteiger partial charge in [-0.15, -0.1) is 0 Å². The fraction of sp³-hybridized carbons (Fsp3) is 0.650. The maximum atomic E-state index is 13.0. The topological polar surface area (TPSA) is 85.8 Å². The number of hydrogen-bond donors (Lipinski definition) is 3. The molecule has 29 heavy (non-hydrogen) atoms. The van der Waals surface area contributed by atoms with Crippen molar-refractivity contribution in [3.63, 3.8) is 0 Å². The number of aliphatic imine (C=N–C) groups is 1. The number of piperidine rings is 1. The lowest BCUT2D eigenvalue weighted by molar-refractivity contribution is 0.198. The van der Waals surface area contributed by atoms with E-state index >= 15 is 0 Å². The first-order valence-corrected chi connectivity index (χ1v) is 12.0. The third-order valence-electron chi connectivity index (χ3n) is 4.69. The Hall–Kier alpha value is -1.71. The van der Waals surface area contributed by atoms with Crippen LogP contribution in [0.2, 0.25) is 0 Å². The first kappa shape index (κ1) is 23.6. The SMILES string of the molecule is CCNC(=NCC(C)(C)NS(C)(=O)=O)NC1CCN(Cc2ccc(F)cc2)CC1. The van der Waals surface area contributed by atoms with Crippen LogP contribution < -0.4 is 15.4 Å². The lowest BCUT2D eigenvalue weighted by Gasteiger charge is -2.33. The molecule has 0 amide bonds. The van der Waals surface area contributed by atoms with Gasteiger partial charge in [-0.2, -0.15) is 0 Å². The van der Waals surface area contributed by atoms with Gasteiger partial charge in [-0.05, 0) is 51.3 Å². The van der Waals surface area contributed by atoms with Crippen LogP contribution in [-0.4, -0.2) is 63.3 Å². The van der Waals surface area contributed by atoms with Gasteiger partial charge in [0.15, 0.2) is 5.96 Å². The van der Waals surface area contributed by atoms with Gasteiger partial charge in [0, 0.05) is 37.8 Å². The molecule has 0 saturated carbocycles. The summed E-state index contributed by atoms with van der Waals surface area (Å²) in [5.74, 6) is 0.495. The molecule has 1 fully saturated rings. The van der Waals surface area contributed by atoms with Crippen LogP contribution in [0.5, 0.6) is 0 Å². The third kappa shape index (κ3) is 9.10. The fourth-order valence-corrected chi connectivity index (χ4v) is 4.48. The summed E-state index contributed by atoms with van der Waals surface area (Å²) < 4.78 is 38.7. The molecule has 1 aliphatic rings. The zero-order valence-corrected chi connectivity index (χ0v) is 18.7. The van der Waals surface area contributed by atoms with Crippen molar-refractivity contribution in [3.8, 4) is 0 Å². The van der Waals surface area contributed by atoms with Crippen molar-refractivity contribution in [3.05, 3.63) is 35.6 Å². The summed E-state index contributed by atoms with van der Waals surface area (Å²) in [7, 11) is -3.29. The molecule has 0 aliphatic carbocycles. The molecule has 1 saturated heterocycles. The molecular formula is C20H34FN5O2S. The fourth-order valence-electron chi connectivity index (χ4n) is 3.41. The number of sulfonamides is 1. The molecule has 3 N–H and O–H groups in total. The summed E-state index contributed by atoms with van der Waals surface area (Å²) >= 11 is 0. The molecule has 164 valence electrons. The third-order valence-corrected chi connectivity index (χ3v) is 5.61. The predicted molar refractivity (Wildman–Crippen MR) is 116 cm³/mol. The monoisotopic (exact) mass is 427 g/mol. The lowest BCUT2D eigenvalue weighted by atomic mass is 10.0. The summed E-state index contributed by atoms with van der Waals surface area (Å²) in [5, 5.41) is 6.70. The van der Waals surface area contributed by atoms with E-state index in [4.69, 9.17) is 0 Å². The summed E-state index contributed by atoms with van der Waals surface area (Å²) in [5.41, 5.74) is 0.461. The summed E-state index contributed by atoms with van der Waals surface area (Å²) in [6.45, 7) is 9.43. The van der Waals surface area contributed by atoms with Crippen molar-refractivity contribution >= 4 is 16.0 Å². The molecule has 1 aromatic carbocycles. The molecule has 0 bridgehead atoms. The zero-order chi connectivity index (χ0) is 21.5. The second-order valence-corrected chi connectivity index (χ2v) is 10.0. The van der Waals surface area contributed by atoms with Gasteiger partial charge in [0.25, 0.3) is 0 Å². The highest BCUT2D eigenvalue weighted by atomic mass is 32.2. The molecule has 2 rings (SSSR count). The molecule has 1 aliphatic heterocycles. The number of hydrogen-bond acceptors (Lipinski definition) is 4. The molecule has 0 radical (unpaired) electrons. The molecule has 0 spiro atoms. The van der Waals surface area contributed by atoms with Crippen LogP contribution in [-0.2, 0) is 16.6 Å². The Labute approximate surface area is 174 Å². The largest absolute Gasteiger partial charge is 0.357 e. The molecule has 7 nitrogen and oxygen atoms in total. The molecular weight excluding hydrogens is 393 g/mol. The summed E-state index contributed by atoms with van der Waals surface area (Å²) in [6, 6.07) is 6.98. The average molecular weight is 428 g/mol. The van der Waals surface area contributed by atoms with Gasteiger partial charge in [-0.25, -0.2) is 17.5 Å². The Balaban J connectivity index is 1.85. The average Bonchev–Trinajstić information content (AvgIpc) is 2.61. The maximum Gasteiger partial charge on any atom is 0.209 e. The van der Waals surface area contributed by atoms with Crippen molar-refractivity contribution in [2.24, 2.45) is 4.99 Å². The molecule has 0 atom stereocenters. The van der Waals surface area contributed by atoms with Gasteiger partial charge in [0.1, 0.15) is 5.82 Å².